The van der Waals surface area contributed by atoms with E-state index in [9.17, 15) is 19.7 Å². The molecular weight excluding hydrogens is 404 g/mol. The molecule has 0 aliphatic carbocycles. The van der Waals surface area contributed by atoms with Crippen molar-refractivity contribution in [2.75, 3.05) is 6.54 Å². The highest BCUT2D eigenvalue weighted by Gasteiger charge is 2.17. The van der Waals surface area contributed by atoms with E-state index in [0.29, 0.717) is 9.90 Å². The number of hydrogen-bond donors (Lipinski definition) is 2. The zero-order valence-electron chi connectivity index (χ0n) is 14.2. The minimum absolute atomic E-state index is 0.131. The molecule has 0 saturated heterocycles. The van der Waals surface area contributed by atoms with Crippen LogP contribution in [-0.4, -0.2) is 29.5 Å². The van der Waals surface area contributed by atoms with E-state index in [1.165, 1.54) is 35.8 Å². The molecule has 0 bridgehead atoms. The van der Waals surface area contributed by atoms with E-state index in [0.717, 1.165) is 10.1 Å². The number of thiophene rings is 1. The van der Waals surface area contributed by atoms with Gasteiger partial charge in [-0.05, 0) is 12.1 Å². The van der Waals surface area contributed by atoms with Gasteiger partial charge in [0.15, 0.2) is 0 Å². The number of hydrogen-bond acceptors (Lipinski definition) is 6. The molecule has 10 heteroatoms. The van der Waals surface area contributed by atoms with Crippen molar-refractivity contribution in [3.8, 4) is 0 Å². The fourth-order valence-corrected chi connectivity index (χ4v) is 3.81. The summed E-state index contributed by atoms with van der Waals surface area (Å²) in [6, 6.07) is 13.3. The Morgan fingerprint density at radius 2 is 1.89 bits per heavy atom. The van der Waals surface area contributed by atoms with Gasteiger partial charge in [-0.15, -0.1) is 11.3 Å². The maximum absolute atomic E-state index is 12.3. The molecule has 8 nitrogen and oxygen atoms in total. The standard InChI is InChI=1S/C18H13ClN4O4S/c19-16-12-6-2-4-8-14(12)28-17(16)18(25)20-10-15(24)22-21-9-11-5-1-3-7-13(11)23(26)27/h1-9H,10H2,(H,20,25)(H,22,24)/b21-9-. The van der Waals surface area contributed by atoms with Crippen molar-refractivity contribution in [1.29, 1.82) is 0 Å². The van der Waals surface area contributed by atoms with Crippen molar-refractivity contribution in [3.63, 3.8) is 0 Å². The highest BCUT2D eigenvalue weighted by Crippen LogP contribution is 2.34. The highest BCUT2D eigenvalue weighted by atomic mass is 35.5. The van der Waals surface area contributed by atoms with Crippen LogP contribution >= 0.6 is 22.9 Å². The quantitative estimate of drug-likeness (QED) is 0.364. The molecule has 2 aromatic carbocycles. The third-order valence-corrected chi connectivity index (χ3v) is 5.35. The summed E-state index contributed by atoms with van der Waals surface area (Å²) in [4.78, 5) is 34.8. The van der Waals surface area contributed by atoms with E-state index in [-0.39, 0.29) is 17.8 Å². The number of hydrazone groups is 1. The summed E-state index contributed by atoms with van der Waals surface area (Å²) in [6.45, 7) is -0.322. The second-order valence-electron chi connectivity index (χ2n) is 5.53. The van der Waals surface area contributed by atoms with Gasteiger partial charge in [0.1, 0.15) is 4.88 Å². The Hall–Kier alpha value is -3.30. The lowest BCUT2D eigenvalue weighted by Crippen LogP contribution is -2.34. The number of halogens is 1. The summed E-state index contributed by atoms with van der Waals surface area (Å²) in [5.74, 6) is -1.05. The summed E-state index contributed by atoms with van der Waals surface area (Å²) < 4.78 is 0.871. The van der Waals surface area contributed by atoms with Gasteiger partial charge in [0.25, 0.3) is 17.5 Å². The zero-order chi connectivity index (χ0) is 20.1. The number of carbonyl (C=O) groups is 2. The van der Waals surface area contributed by atoms with Crippen LogP contribution in [0.5, 0.6) is 0 Å². The molecule has 2 amide bonds. The lowest BCUT2D eigenvalue weighted by Gasteiger charge is -2.03. The van der Waals surface area contributed by atoms with E-state index in [4.69, 9.17) is 11.6 Å². The summed E-state index contributed by atoms with van der Waals surface area (Å²) in [7, 11) is 0. The second kappa shape index (κ2) is 8.59. The number of nitrogens with one attached hydrogen (secondary N) is 2. The molecule has 0 radical (unpaired) electrons. The third kappa shape index (κ3) is 4.33. The summed E-state index contributed by atoms with van der Waals surface area (Å²) >= 11 is 7.46. The Morgan fingerprint density at radius 3 is 2.64 bits per heavy atom. The van der Waals surface area contributed by atoms with Crippen LogP contribution in [0.25, 0.3) is 10.1 Å². The van der Waals surface area contributed by atoms with Gasteiger partial charge in [-0.1, -0.05) is 41.9 Å². The Labute approximate surface area is 168 Å². The third-order valence-electron chi connectivity index (χ3n) is 3.68. The number of nitro groups is 1. The molecule has 0 aliphatic rings. The van der Waals surface area contributed by atoms with E-state index in [2.05, 4.69) is 15.8 Å². The largest absolute Gasteiger partial charge is 0.342 e. The van der Waals surface area contributed by atoms with Crippen LogP contribution < -0.4 is 10.7 Å². The van der Waals surface area contributed by atoms with Crippen LogP contribution in [0.3, 0.4) is 0 Å². The first-order valence-corrected chi connectivity index (χ1v) is 9.17. The highest BCUT2D eigenvalue weighted by molar-refractivity contribution is 7.21. The Bertz CT molecular complexity index is 1100. The number of fused-ring (bicyclic) bond motifs is 1. The summed E-state index contributed by atoms with van der Waals surface area (Å²) in [5.41, 5.74) is 2.32. The molecule has 28 heavy (non-hydrogen) atoms. The first-order chi connectivity index (χ1) is 13.5. The first-order valence-electron chi connectivity index (χ1n) is 7.98. The molecule has 0 saturated carbocycles. The molecule has 2 N–H and O–H groups in total. The summed E-state index contributed by atoms with van der Waals surface area (Å²) in [5, 5.41) is 18.2. The SMILES string of the molecule is O=C(CNC(=O)c1sc2ccccc2c1Cl)N/N=C\c1ccccc1[N+](=O)[O-]. The minimum Gasteiger partial charge on any atom is -0.342 e. The van der Waals surface area contributed by atoms with E-state index in [1.54, 1.807) is 6.07 Å². The molecule has 3 aromatic rings. The fraction of sp³-hybridized carbons (Fsp3) is 0.0556. The summed E-state index contributed by atoms with van der Waals surface area (Å²) in [6.07, 6.45) is 1.17. The van der Waals surface area contributed by atoms with Gasteiger partial charge in [-0.2, -0.15) is 5.10 Å². The number of rotatable bonds is 6. The number of nitro benzene ring substituents is 1. The number of amides is 2. The van der Waals surface area contributed by atoms with Gasteiger partial charge in [-0.25, -0.2) is 5.43 Å². The lowest BCUT2D eigenvalue weighted by molar-refractivity contribution is -0.385. The van der Waals surface area contributed by atoms with Crippen LogP contribution in [0.2, 0.25) is 5.02 Å². The van der Waals surface area contributed by atoms with Gasteiger partial charge in [0.2, 0.25) is 0 Å². The van der Waals surface area contributed by atoms with Gasteiger partial charge in [-0.3, -0.25) is 19.7 Å². The molecule has 0 unspecified atom stereocenters. The average Bonchev–Trinajstić information content (AvgIpc) is 3.03. The molecule has 0 atom stereocenters. The molecule has 0 aliphatic heterocycles. The molecule has 1 aromatic heterocycles. The predicted octanol–water partition coefficient (Wildman–Crippen LogP) is 3.34. The van der Waals surface area contributed by atoms with Gasteiger partial charge in [0.05, 0.1) is 28.3 Å². The maximum atomic E-state index is 12.3. The normalized spacial score (nSPS) is 10.9. The zero-order valence-corrected chi connectivity index (χ0v) is 15.8. The molecule has 142 valence electrons. The predicted molar refractivity (Wildman–Crippen MR) is 108 cm³/mol. The van der Waals surface area contributed by atoms with Crippen LogP contribution in [0.1, 0.15) is 15.2 Å². The lowest BCUT2D eigenvalue weighted by atomic mass is 10.2. The molecular formula is C18H13ClN4O4S. The second-order valence-corrected chi connectivity index (χ2v) is 6.96. The Kier molecular flexibility index (Phi) is 5.97. The number of nitrogens with zero attached hydrogens (tertiary/aromatic N) is 2. The van der Waals surface area contributed by atoms with Crippen molar-refractivity contribution in [1.82, 2.24) is 10.7 Å². The Morgan fingerprint density at radius 1 is 1.18 bits per heavy atom. The van der Waals surface area contributed by atoms with E-state index < -0.39 is 16.7 Å². The minimum atomic E-state index is -0.583. The first kappa shape index (κ1) is 19.5. The van der Waals surface area contributed by atoms with Gasteiger partial charge >= 0.3 is 0 Å². The topological polar surface area (TPSA) is 114 Å². The van der Waals surface area contributed by atoms with Crippen LogP contribution in [0.15, 0.2) is 53.6 Å². The number of benzene rings is 2. The van der Waals surface area contributed by atoms with E-state index in [1.807, 2.05) is 24.3 Å². The van der Waals surface area contributed by atoms with Crippen LogP contribution in [0.4, 0.5) is 5.69 Å². The van der Waals surface area contributed by atoms with E-state index >= 15 is 0 Å². The van der Waals surface area contributed by atoms with Crippen molar-refractivity contribution in [2.24, 2.45) is 5.10 Å². The van der Waals surface area contributed by atoms with Gasteiger partial charge in [0, 0.05) is 16.2 Å². The van der Waals surface area contributed by atoms with Crippen molar-refractivity contribution in [2.45, 2.75) is 0 Å². The smallest absolute Gasteiger partial charge is 0.278 e. The van der Waals surface area contributed by atoms with Crippen LogP contribution in [0, 0.1) is 10.1 Å². The number of para-hydroxylation sites is 1. The molecule has 0 spiro atoms. The van der Waals surface area contributed by atoms with Crippen LogP contribution in [-0.2, 0) is 4.79 Å². The van der Waals surface area contributed by atoms with Crippen molar-refractivity contribution < 1.29 is 14.5 Å². The molecule has 0 fully saturated rings. The van der Waals surface area contributed by atoms with Crippen molar-refractivity contribution >= 4 is 56.7 Å². The van der Waals surface area contributed by atoms with Crippen molar-refractivity contribution in [3.05, 3.63) is 74.1 Å². The monoisotopic (exact) mass is 416 g/mol. The maximum Gasteiger partial charge on any atom is 0.278 e. The Balaban J connectivity index is 1.58. The fourth-order valence-electron chi connectivity index (χ4n) is 2.38. The number of carbonyl (C=O) groups excluding carboxylic acids is 2. The van der Waals surface area contributed by atoms with Gasteiger partial charge < -0.3 is 5.32 Å². The molecule has 3 rings (SSSR count). The molecule has 1 heterocycles. The average molecular weight is 417 g/mol.